The molecule has 1 aromatic rings. The molecule has 18 heavy (non-hydrogen) atoms. The van der Waals surface area contributed by atoms with Gasteiger partial charge in [0, 0.05) is 32.7 Å². The molecule has 1 atom stereocenters. The Hall–Kier alpha value is -0.950. The van der Waals surface area contributed by atoms with Crippen molar-refractivity contribution in [1.29, 1.82) is 0 Å². The summed E-state index contributed by atoms with van der Waals surface area (Å²) < 4.78 is 27.4. The van der Waals surface area contributed by atoms with E-state index in [1.807, 2.05) is 30.3 Å². The number of nitrogens with zero attached hydrogens (tertiary/aromatic N) is 2. The molecule has 1 heterocycles. The maximum atomic E-state index is 12.3. The topological polar surface area (TPSA) is 66.6 Å². The molecule has 5 nitrogen and oxygen atoms in total. The summed E-state index contributed by atoms with van der Waals surface area (Å²) in [5.74, 6) is 0. The summed E-state index contributed by atoms with van der Waals surface area (Å²) in [6.45, 7) is 1.32. The van der Waals surface area contributed by atoms with Crippen molar-refractivity contribution < 1.29 is 8.42 Å². The van der Waals surface area contributed by atoms with Gasteiger partial charge in [-0.1, -0.05) is 30.3 Å². The minimum atomic E-state index is -3.38. The molecule has 1 fully saturated rings. The molecule has 0 spiro atoms. The zero-order chi connectivity index (χ0) is 13.2. The molecule has 0 bridgehead atoms. The number of rotatable bonds is 4. The highest BCUT2D eigenvalue weighted by molar-refractivity contribution is 7.86. The molecule has 1 aromatic carbocycles. The molecule has 2 rings (SSSR count). The van der Waals surface area contributed by atoms with Crippen molar-refractivity contribution in [2.24, 2.45) is 5.73 Å². The minimum Gasteiger partial charge on any atom is -0.326 e. The predicted octanol–water partition coefficient (Wildman–Crippen LogP) is 0.396. The Morgan fingerprint density at radius 3 is 2.61 bits per heavy atom. The van der Waals surface area contributed by atoms with Gasteiger partial charge in [0.1, 0.15) is 0 Å². The lowest BCUT2D eigenvalue weighted by molar-refractivity contribution is 0.389. The summed E-state index contributed by atoms with van der Waals surface area (Å²) in [7, 11) is -1.78. The van der Waals surface area contributed by atoms with Crippen LogP contribution in [0.3, 0.4) is 0 Å². The van der Waals surface area contributed by atoms with Gasteiger partial charge in [-0.3, -0.25) is 0 Å². The highest BCUT2D eigenvalue weighted by Crippen LogP contribution is 2.16. The van der Waals surface area contributed by atoms with Gasteiger partial charge in [0.2, 0.25) is 0 Å². The first-order chi connectivity index (χ1) is 8.50. The van der Waals surface area contributed by atoms with E-state index in [-0.39, 0.29) is 6.04 Å². The SMILES string of the molecule is CN(Cc1ccccc1)S(=O)(=O)N1CC[C@H](N)C1. The largest absolute Gasteiger partial charge is 0.326 e. The molecule has 1 aliphatic heterocycles. The highest BCUT2D eigenvalue weighted by Gasteiger charge is 2.32. The molecule has 1 saturated heterocycles. The van der Waals surface area contributed by atoms with Crippen LogP contribution in [-0.2, 0) is 16.8 Å². The molecule has 100 valence electrons. The lowest BCUT2D eigenvalue weighted by atomic mass is 10.2. The van der Waals surface area contributed by atoms with Crippen molar-refractivity contribution in [3.63, 3.8) is 0 Å². The number of hydrogen-bond acceptors (Lipinski definition) is 3. The van der Waals surface area contributed by atoms with Gasteiger partial charge >= 0.3 is 0 Å². The van der Waals surface area contributed by atoms with E-state index in [4.69, 9.17) is 5.73 Å². The van der Waals surface area contributed by atoms with Crippen molar-refractivity contribution in [3.8, 4) is 0 Å². The molecular weight excluding hydrogens is 250 g/mol. The summed E-state index contributed by atoms with van der Waals surface area (Å²) in [4.78, 5) is 0. The predicted molar refractivity (Wildman–Crippen MR) is 71.0 cm³/mol. The zero-order valence-corrected chi connectivity index (χ0v) is 11.3. The molecule has 0 aliphatic carbocycles. The molecular formula is C12H19N3O2S. The summed E-state index contributed by atoms with van der Waals surface area (Å²) in [5.41, 5.74) is 6.73. The van der Waals surface area contributed by atoms with Gasteiger partial charge < -0.3 is 5.73 Å². The van der Waals surface area contributed by atoms with Crippen molar-refractivity contribution in [2.45, 2.75) is 19.0 Å². The molecule has 0 unspecified atom stereocenters. The monoisotopic (exact) mass is 269 g/mol. The normalized spacial score (nSPS) is 21.6. The first-order valence-corrected chi connectivity index (χ1v) is 7.41. The molecule has 2 N–H and O–H groups in total. The summed E-state index contributed by atoms with van der Waals surface area (Å²) >= 11 is 0. The van der Waals surface area contributed by atoms with Crippen LogP contribution in [0.15, 0.2) is 30.3 Å². The van der Waals surface area contributed by atoms with E-state index < -0.39 is 10.2 Å². The Morgan fingerprint density at radius 2 is 2.06 bits per heavy atom. The molecule has 0 amide bonds. The van der Waals surface area contributed by atoms with Crippen LogP contribution in [0.1, 0.15) is 12.0 Å². The third-order valence-electron chi connectivity index (χ3n) is 3.16. The van der Waals surface area contributed by atoms with E-state index in [9.17, 15) is 8.42 Å². The van der Waals surface area contributed by atoms with Crippen LogP contribution in [0, 0.1) is 0 Å². The van der Waals surface area contributed by atoms with Crippen molar-refractivity contribution >= 4 is 10.2 Å². The van der Waals surface area contributed by atoms with Crippen molar-refractivity contribution in [3.05, 3.63) is 35.9 Å². The number of nitrogens with two attached hydrogens (primary N) is 1. The molecule has 0 aromatic heterocycles. The fourth-order valence-corrected chi connectivity index (χ4v) is 3.51. The van der Waals surface area contributed by atoms with E-state index in [2.05, 4.69) is 0 Å². The van der Waals surface area contributed by atoms with Gasteiger partial charge in [0.15, 0.2) is 0 Å². The van der Waals surface area contributed by atoms with Crippen LogP contribution >= 0.6 is 0 Å². The van der Waals surface area contributed by atoms with Gasteiger partial charge in [0.25, 0.3) is 10.2 Å². The Bertz CT molecular complexity index is 489. The smallest absolute Gasteiger partial charge is 0.282 e. The van der Waals surface area contributed by atoms with Crippen LogP contribution in [0.5, 0.6) is 0 Å². The van der Waals surface area contributed by atoms with Gasteiger partial charge in [-0.25, -0.2) is 0 Å². The second kappa shape index (κ2) is 5.36. The van der Waals surface area contributed by atoms with Crippen LogP contribution in [-0.4, -0.2) is 43.2 Å². The number of hydrogen-bond donors (Lipinski definition) is 1. The fraction of sp³-hybridized carbons (Fsp3) is 0.500. The summed E-state index contributed by atoms with van der Waals surface area (Å²) in [6.07, 6.45) is 0.735. The standard InChI is InChI=1S/C12H19N3O2S/c1-14(9-11-5-3-2-4-6-11)18(16,17)15-8-7-12(13)10-15/h2-6,12H,7-10,13H2,1H3/t12-/m0/s1. The lowest BCUT2D eigenvalue weighted by Crippen LogP contribution is -2.41. The highest BCUT2D eigenvalue weighted by atomic mass is 32.2. The quantitative estimate of drug-likeness (QED) is 0.860. The number of benzene rings is 1. The van der Waals surface area contributed by atoms with E-state index >= 15 is 0 Å². The molecule has 6 heteroatoms. The Balaban J connectivity index is 2.06. The van der Waals surface area contributed by atoms with E-state index in [1.54, 1.807) is 7.05 Å². The van der Waals surface area contributed by atoms with Crippen LogP contribution in [0.2, 0.25) is 0 Å². The van der Waals surface area contributed by atoms with Crippen molar-refractivity contribution in [1.82, 2.24) is 8.61 Å². The molecule has 0 saturated carbocycles. The van der Waals surface area contributed by atoms with Gasteiger partial charge in [-0.15, -0.1) is 0 Å². The third-order valence-corrected chi connectivity index (χ3v) is 5.06. The fourth-order valence-electron chi connectivity index (χ4n) is 2.08. The average molecular weight is 269 g/mol. The maximum Gasteiger partial charge on any atom is 0.282 e. The van der Waals surface area contributed by atoms with Gasteiger partial charge in [-0.05, 0) is 12.0 Å². The second-order valence-electron chi connectivity index (χ2n) is 4.66. The molecule has 1 aliphatic rings. The maximum absolute atomic E-state index is 12.3. The summed E-state index contributed by atoms with van der Waals surface area (Å²) in [6, 6.07) is 9.52. The molecule has 0 radical (unpaired) electrons. The zero-order valence-electron chi connectivity index (χ0n) is 10.5. The Kier molecular flexibility index (Phi) is 4.01. The second-order valence-corrected chi connectivity index (χ2v) is 6.69. The third kappa shape index (κ3) is 2.89. The first-order valence-electron chi connectivity index (χ1n) is 6.01. The Morgan fingerprint density at radius 1 is 1.39 bits per heavy atom. The Labute approximate surface area is 108 Å². The van der Waals surface area contributed by atoms with Crippen LogP contribution in [0.25, 0.3) is 0 Å². The van der Waals surface area contributed by atoms with E-state index in [0.717, 1.165) is 12.0 Å². The van der Waals surface area contributed by atoms with Gasteiger partial charge in [-0.2, -0.15) is 17.0 Å². The first kappa shape index (κ1) is 13.5. The van der Waals surface area contributed by atoms with Crippen LogP contribution < -0.4 is 5.73 Å². The van der Waals surface area contributed by atoms with Crippen LogP contribution in [0.4, 0.5) is 0 Å². The van der Waals surface area contributed by atoms with Gasteiger partial charge in [0.05, 0.1) is 0 Å². The van der Waals surface area contributed by atoms with E-state index in [0.29, 0.717) is 19.6 Å². The summed E-state index contributed by atoms with van der Waals surface area (Å²) in [5, 5.41) is 0. The average Bonchev–Trinajstić information content (AvgIpc) is 2.78. The minimum absolute atomic E-state index is 0.0371. The lowest BCUT2D eigenvalue weighted by Gasteiger charge is -2.23. The van der Waals surface area contributed by atoms with E-state index in [1.165, 1.54) is 8.61 Å². The van der Waals surface area contributed by atoms with Crippen molar-refractivity contribution in [2.75, 3.05) is 20.1 Å².